The predicted molar refractivity (Wildman–Crippen MR) is 50.4 cm³/mol. The van der Waals surface area contributed by atoms with E-state index >= 15 is 0 Å². The molecule has 4 N–H and O–H groups in total. The van der Waals surface area contributed by atoms with Gasteiger partial charge >= 0.3 is 7.82 Å². The van der Waals surface area contributed by atoms with Gasteiger partial charge in [-0.3, -0.25) is 5.10 Å². The van der Waals surface area contributed by atoms with Crippen molar-refractivity contribution in [2.75, 3.05) is 0 Å². The number of H-pyrrole nitrogens is 1. The lowest BCUT2D eigenvalue weighted by Crippen LogP contribution is -1.66. The molecule has 76 valence electrons. The Morgan fingerprint density at radius 3 is 2.36 bits per heavy atom. The molecule has 1 heterocycles. The quantitative estimate of drug-likeness (QED) is 0.483. The van der Waals surface area contributed by atoms with Crippen LogP contribution in [0.15, 0.2) is 30.5 Å². The summed E-state index contributed by atoms with van der Waals surface area (Å²) >= 11 is 0. The molecule has 0 unspecified atom stereocenters. The van der Waals surface area contributed by atoms with Gasteiger partial charge in [0.1, 0.15) is 0 Å². The van der Waals surface area contributed by atoms with Gasteiger partial charge in [-0.15, -0.1) is 0 Å². The minimum Gasteiger partial charge on any atom is -0.303 e. The van der Waals surface area contributed by atoms with E-state index in [0.29, 0.717) is 0 Å². The van der Waals surface area contributed by atoms with E-state index in [1.807, 2.05) is 30.5 Å². The van der Waals surface area contributed by atoms with E-state index in [9.17, 15) is 0 Å². The fourth-order valence-corrected chi connectivity index (χ4v) is 0.883. The molecule has 14 heavy (non-hydrogen) atoms. The highest BCUT2D eigenvalue weighted by molar-refractivity contribution is 7.45. The molecule has 6 nitrogen and oxygen atoms in total. The average Bonchev–Trinajstić information content (AvgIpc) is 2.47. The molecule has 0 aliphatic carbocycles. The first-order chi connectivity index (χ1) is 6.47. The summed E-state index contributed by atoms with van der Waals surface area (Å²) in [6, 6.07) is 8.01. The number of nitrogens with zero attached hydrogens (tertiary/aromatic N) is 1. The molecule has 0 fully saturated rings. The van der Waals surface area contributed by atoms with E-state index in [2.05, 4.69) is 10.2 Å². The van der Waals surface area contributed by atoms with Gasteiger partial charge in [-0.25, -0.2) is 4.57 Å². The van der Waals surface area contributed by atoms with Gasteiger partial charge in [0.05, 0.1) is 11.7 Å². The van der Waals surface area contributed by atoms with Crippen LogP contribution in [0.5, 0.6) is 0 Å². The maximum absolute atomic E-state index is 8.88. The molecule has 1 aromatic heterocycles. The molecule has 0 atom stereocenters. The minimum atomic E-state index is -4.64. The molecule has 0 radical (unpaired) electrons. The molecule has 0 aliphatic rings. The highest BCUT2D eigenvalue weighted by atomic mass is 31.2. The third-order valence-corrected chi connectivity index (χ3v) is 1.35. The van der Waals surface area contributed by atoms with Gasteiger partial charge in [0.25, 0.3) is 0 Å². The first-order valence-corrected chi connectivity index (χ1v) is 5.20. The Morgan fingerprint density at radius 2 is 1.79 bits per heavy atom. The van der Waals surface area contributed by atoms with Gasteiger partial charge in [0, 0.05) is 5.39 Å². The number of fused-ring (bicyclic) bond motifs is 1. The zero-order chi connectivity index (χ0) is 10.6. The van der Waals surface area contributed by atoms with E-state index in [0.717, 1.165) is 10.9 Å². The average molecular weight is 216 g/mol. The highest BCUT2D eigenvalue weighted by Crippen LogP contribution is 2.25. The standard InChI is InChI=1S/C7H6N2.H3O4P/c1-2-4-7-6(3-1)5-8-9-7;1-5(2,3)4/h1-5H,(H,8,9);(H3,1,2,3,4). The Morgan fingerprint density at radius 1 is 1.21 bits per heavy atom. The lowest BCUT2D eigenvalue weighted by atomic mass is 10.3. The Labute approximate surface area is 79.4 Å². The molecule has 0 spiro atoms. The SMILES string of the molecule is O=P(O)(O)O.c1ccc2[nH]ncc2c1. The number of nitrogens with one attached hydrogen (secondary N) is 1. The molecule has 0 saturated carbocycles. The second kappa shape index (κ2) is 4.34. The fraction of sp³-hybridized carbons (Fsp3) is 0. The topological polar surface area (TPSA) is 106 Å². The number of aromatic nitrogens is 2. The molecule has 0 amide bonds. The number of benzene rings is 1. The van der Waals surface area contributed by atoms with Crippen LogP contribution in [-0.2, 0) is 4.57 Å². The van der Waals surface area contributed by atoms with Crippen LogP contribution in [0.2, 0.25) is 0 Å². The lowest BCUT2D eigenvalue weighted by molar-refractivity contribution is 0.275. The summed E-state index contributed by atoms with van der Waals surface area (Å²) in [7, 11) is -4.64. The van der Waals surface area contributed by atoms with Gasteiger partial charge in [0.2, 0.25) is 0 Å². The van der Waals surface area contributed by atoms with Crippen LogP contribution < -0.4 is 0 Å². The summed E-state index contributed by atoms with van der Waals surface area (Å²) in [4.78, 5) is 21.6. The molecule has 1 aromatic carbocycles. The second-order valence-electron chi connectivity index (χ2n) is 2.47. The third-order valence-electron chi connectivity index (χ3n) is 1.35. The number of para-hydroxylation sites is 1. The van der Waals surface area contributed by atoms with Crippen molar-refractivity contribution in [3.63, 3.8) is 0 Å². The van der Waals surface area contributed by atoms with E-state index in [1.54, 1.807) is 0 Å². The molecular formula is C7H9N2O4P. The van der Waals surface area contributed by atoms with Crippen molar-refractivity contribution in [2.24, 2.45) is 0 Å². The van der Waals surface area contributed by atoms with Crippen molar-refractivity contribution in [2.45, 2.75) is 0 Å². The largest absolute Gasteiger partial charge is 0.466 e. The van der Waals surface area contributed by atoms with E-state index in [1.165, 1.54) is 0 Å². The number of hydrogen-bond acceptors (Lipinski definition) is 2. The third kappa shape index (κ3) is 4.15. The van der Waals surface area contributed by atoms with Crippen LogP contribution >= 0.6 is 7.82 Å². The zero-order valence-corrected chi connectivity index (χ0v) is 7.93. The molecule has 0 bridgehead atoms. The first kappa shape index (κ1) is 10.9. The molecule has 0 saturated heterocycles. The number of hydrogen-bond donors (Lipinski definition) is 4. The van der Waals surface area contributed by atoms with Gasteiger partial charge in [-0.2, -0.15) is 5.10 Å². The first-order valence-electron chi connectivity index (χ1n) is 3.63. The number of aromatic amines is 1. The molecule has 7 heteroatoms. The van der Waals surface area contributed by atoms with Crippen LogP contribution in [0.4, 0.5) is 0 Å². The Hall–Kier alpha value is -1.20. The monoisotopic (exact) mass is 216 g/mol. The van der Waals surface area contributed by atoms with Crippen molar-refractivity contribution in [3.8, 4) is 0 Å². The van der Waals surface area contributed by atoms with Crippen molar-refractivity contribution >= 4 is 18.7 Å². The van der Waals surface area contributed by atoms with Gasteiger partial charge in [-0.05, 0) is 6.07 Å². The van der Waals surface area contributed by atoms with Crippen LogP contribution in [0.1, 0.15) is 0 Å². The summed E-state index contributed by atoms with van der Waals surface area (Å²) < 4.78 is 8.88. The molecular weight excluding hydrogens is 207 g/mol. The summed E-state index contributed by atoms with van der Waals surface area (Å²) in [5, 5.41) is 7.91. The smallest absolute Gasteiger partial charge is 0.303 e. The van der Waals surface area contributed by atoms with Crippen LogP contribution in [-0.4, -0.2) is 24.9 Å². The van der Waals surface area contributed by atoms with E-state index < -0.39 is 7.82 Å². The highest BCUT2D eigenvalue weighted by Gasteiger charge is 2.00. The predicted octanol–water partition coefficient (Wildman–Crippen LogP) is 0.634. The Bertz CT molecular complexity index is 411. The summed E-state index contributed by atoms with van der Waals surface area (Å²) in [6.45, 7) is 0. The Balaban J connectivity index is 0.000000171. The van der Waals surface area contributed by atoms with Crippen LogP contribution in [0.3, 0.4) is 0 Å². The number of phosphoric acid groups is 1. The summed E-state index contributed by atoms with van der Waals surface area (Å²) in [5.74, 6) is 0. The molecule has 2 aromatic rings. The van der Waals surface area contributed by atoms with Gasteiger partial charge < -0.3 is 14.7 Å². The summed E-state index contributed by atoms with van der Waals surface area (Å²) in [5.41, 5.74) is 1.09. The van der Waals surface area contributed by atoms with Crippen molar-refractivity contribution < 1.29 is 19.2 Å². The van der Waals surface area contributed by atoms with Crippen LogP contribution in [0, 0.1) is 0 Å². The van der Waals surface area contributed by atoms with Crippen molar-refractivity contribution in [3.05, 3.63) is 30.5 Å². The lowest BCUT2D eigenvalue weighted by Gasteiger charge is -1.82. The maximum atomic E-state index is 8.88. The van der Waals surface area contributed by atoms with Crippen molar-refractivity contribution in [1.82, 2.24) is 10.2 Å². The molecule has 2 rings (SSSR count). The zero-order valence-electron chi connectivity index (χ0n) is 7.03. The summed E-state index contributed by atoms with van der Waals surface area (Å²) in [6.07, 6.45) is 1.81. The van der Waals surface area contributed by atoms with Crippen LogP contribution in [0.25, 0.3) is 10.9 Å². The fourth-order valence-electron chi connectivity index (χ4n) is 0.883. The minimum absolute atomic E-state index is 1.09. The maximum Gasteiger partial charge on any atom is 0.466 e. The van der Waals surface area contributed by atoms with Gasteiger partial charge in [-0.1, -0.05) is 18.2 Å². The normalized spacial score (nSPS) is 10.8. The van der Waals surface area contributed by atoms with E-state index in [-0.39, 0.29) is 0 Å². The van der Waals surface area contributed by atoms with E-state index in [4.69, 9.17) is 19.2 Å². The van der Waals surface area contributed by atoms with Gasteiger partial charge in [0.15, 0.2) is 0 Å². The van der Waals surface area contributed by atoms with Crippen molar-refractivity contribution in [1.29, 1.82) is 0 Å². The number of rotatable bonds is 0. The second-order valence-corrected chi connectivity index (χ2v) is 3.50. The Kier molecular flexibility index (Phi) is 3.38. The molecule has 0 aliphatic heterocycles.